The zero-order chi connectivity index (χ0) is 17.1. The fraction of sp³-hybridized carbons (Fsp3) is 0.941. The van der Waals surface area contributed by atoms with E-state index in [0.29, 0.717) is 24.7 Å². The Balaban J connectivity index is 2.14. The van der Waals surface area contributed by atoms with E-state index >= 15 is 0 Å². The fourth-order valence-electron chi connectivity index (χ4n) is 4.22. The van der Waals surface area contributed by atoms with Gasteiger partial charge >= 0.3 is 0 Å². The van der Waals surface area contributed by atoms with Crippen molar-refractivity contribution in [3.63, 3.8) is 0 Å². The number of aliphatic hydroxyl groups is 4. The molecule has 2 fully saturated rings. The summed E-state index contributed by atoms with van der Waals surface area (Å²) in [4.78, 5) is 12.6. The summed E-state index contributed by atoms with van der Waals surface area (Å²) in [6.45, 7) is 3.76. The Morgan fingerprint density at radius 3 is 2.35 bits per heavy atom. The predicted octanol–water partition coefficient (Wildman–Crippen LogP) is 0.250. The van der Waals surface area contributed by atoms with E-state index in [1.165, 1.54) is 0 Å². The Morgan fingerprint density at radius 1 is 1.09 bits per heavy atom. The summed E-state index contributed by atoms with van der Waals surface area (Å²) in [7, 11) is 0. The van der Waals surface area contributed by atoms with Crippen LogP contribution in [0, 0.1) is 17.8 Å². The van der Waals surface area contributed by atoms with Crippen molar-refractivity contribution in [1.82, 2.24) is 0 Å². The molecular formula is C17H30O6. The largest absolute Gasteiger partial charge is 0.394 e. The minimum Gasteiger partial charge on any atom is -0.394 e. The molecule has 134 valence electrons. The first-order chi connectivity index (χ1) is 10.9. The van der Waals surface area contributed by atoms with Crippen molar-refractivity contribution in [2.45, 2.75) is 76.5 Å². The van der Waals surface area contributed by atoms with Crippen LogP contribution in [-0.4, -0.2) is 63.3 Å². The van der Waals surface area contributed by atoms with E-state index in [1.807, 2.05) is 0 Å². The summed E-state index contributed by atoms with van der Waals surface area (Å²) in [6, 6.07) is 0. The van der Waals surface area contributed by atoms with E-state index in [-0.39, 0.29) is 5.78 Å². The maximum Gasteiger partial charge on any atom is 0.138 e. The Hall–Kier alpha value is -0.530. The van der Waals surface area contributed by atoms with Crippen molar-refractivity contribution < 1.29 is 30.0 Å². The minimum atomic E-state index is -1.41. The summed E-state index contributed by atoms with van der Waals surface area (Å²) >= 11 is 0. The van der Waals surface area contributed by atoms with Crippen LogP contribution in [0.3, 0.4) is 0 Å². The monoisotopic (exact) mass is 330 g/mol. The molecule has 6 heteroatoms. The van der Waals surface area contributed by atoms with Crippen molar-refractivity contribution in [3.05, 3.63) is 0 Å². The first-order valence-electron chi connectivity index (χ1n) is 8.77. The number of hydrogen-bond donors (Lipinski definition) is 4. The van der Waals surface area contributed by atoms with Crippen molar-refractivity contribution in [2.24, 2.45) is 17.8 Å². The standard InChI is InChI=1S/C17H30O6/c1-3-5-10-7-12(19)11(6-9(10)4-2)17-16(22)15(21)14(20)13(8-18)23-17/h9-11,13-18,20-22H,3-8H2,1-2H3/t9-,10+,11-,13?,14?,15?,16?,17?/m1/s1. The average Bonchev–Trinajstić information content (AvgIpc) is 2.54. The first kappa shape index (κ1) is 18.8. The van der Waals surface area contributed by atoms with Crippen LogP contribution in [0.2, 0.25) is 0 Å². The second-order valence-electron chi connectivity index (χ2n) is 7.02. The topological polar surface area (TPSA) is 107 Å². The minimum absolute atomic E-state index is 0.0532. The molecule has 0 bridgehead atoms. The molecule has 5 unspecified atom stereocenters. The van der Waals surface area contributed by atoms with Crippen LogP contribution in [0.25, 0.3) is 0 Å². The summed E-state index contributed by atoms with van der Waals surface area (Å²) < 4.78 is 5.60. The van der Waals surface area contributed by atoms with Crippen LogP contribution in [0.15, 0.2) is 0 Å². The van der Waals surface area contributed by atoms with E-state index in [2.05, 4.69) is 13.8 Å². The number of carbonyl (C=O) groups excluding carboxylic acids is 1. The van der Waals surface area contributed by atoms with Crippen molar-refractivity contribution in [3.8, 4) is 0 Å². The Morgan fingerprint density at radius 2 is 1.78 bits per heavy atom. The molecule has 1 saturated heterocycles. The number of aliphatic hydroxyl groups excluding tert-OH is 4. The van der Waals surface area contributed by atoms with Crippen LogP contribution < -0.4 is 0 Å². The van der Waals surface area contributed by atoms with E-state index in [0.717, 1.165) is 19.3 Å². The predicted molar refractivity (Wildman–Crippen MR) is 83.7 cm³/mol. The molecule has 4 N–H and O–H groups in total. The molecule has 1 aliphatic heterocycles. The van der Waals surface area contributed by atoms with Crippen LogP contribution in [0.5, 0.6) is 0 Å². The molecule has 8 atom stereocenters. The average molecular weight is 330 g/mol. The molecule has 0 aromatic rings. The third-order valence-electron chi connectivity index (χ3n) is 5.61. The zero-order valence-corrected chi connectivity index (χ0v) is 14.0. The highest BCUT2D eigenvalue weighted by atomic mass is 16.5. The van der Waals surface area contributed by atoms with E-state index < -0.39 is 43.0 Å². The highest BCUT2D eigenvalue weighted by Crippen LogP contribution is 2.40. The molecule has 2 aliphatic rings. The van der Waals surface area contributed by atoms with Gasteiger partial charge < -0.3 is 25.2 Å². The lowest BCUT2D eigenvalue weighted by Crippen LogP contribution is -2.61. The van der Waals surface area contributed by atoms with Crippen LogP contribution >= 0.6 is 0 Å². The molecule has 0 aromatic carbocycles. The van der Waals surface area contributed by atoms with Gasteiger partial charge in [0.25, 0.3) is 0 Å². The van der Waals surface area contributed by atoms with Gasteiger partial charge in [0.15, 0.2) is 0 Å². The molecule has 23 heavy (non-hydrogen) atoms. The molecule has 0 amide bonds. The molecule has 0 radical (unpaired) electrons. The second kappa shape index (κ2) is 8.03. The summed E-state index contributed by atoms with van der Waals surface area (Å²) in [5, 5.41) is 39.4. The third-order valence-corrected chi connectivity index (χ3v) is 5.61. The van der Waals surface area contributed by atoms with Gasteiger partial charge in [-0.15, -0.1) is 0 Å². The van der Waals surface area contributed by atoms with Gasteiger partial charge in [-0.2, -0.15) is 0 Å². The Bertz CT molecular complexity index is 399. The normalized spacial score (nSPS) is 45.2. The van der Waals surface area contributed by atoms with Crippen molar-refractivity contribution in [2.75, 3.05) is 6.61 Å². The summed E-state index contributed by atoms with van der Waals surface area (Å²) in [6.07, 6.45) is -1.78. The molecule has 2 rings (SSSR count). The molecule has 1 aliphatic carbocycles. The number of hydrogen-bond acceptors (Lipinski definition) is 6. The van der Waals surface area contributed by atoms with Crippen molar-refractivity contribution in [1.29, 1.82) is 0 Å². The van der Waals surface area contributed by atoms with E-state index in [4.69, 9.17) is 4.74 Å². The van der Waals surface area contributed by atoms with Crippen molar-refractivity contribution >= 4 is 5.78 Å². The number of ether oxygens (including phenoxy) is 1. The molecule has 0 aromatic heterocycles. The lowest BCUT2D eigenvalue weighted by atomic mass is 9.67. The lowest BCUT2D eigenvalue weighted by molar-refractivity contribution is -0.242. The summed E-state index contributed by atoms with van der Waals surface area (Å²) in [5.74, 6) is 0.334. The zero-order valence-electron chi connectivity index (χ0n) is 14.0. The quantitative estimate of drug-likeness (QED) is 0.576. The lowest BCUT2D eigenvalue weighted by Gasteiger charge is -2.45. The smallest absolute Gasteiger partial charge is 0.138 e. The Kier molecular flexibility index (Phi) is 6.57. The number of rotatable bonds is 5. The van der Waals surface area contributed by atoms with Gasteiger partial charge in [0, 0.05) is 12.3 Å². The van der Waals surface area contributed by atoms with E-state index in [1.54, 1.807) is 0 Å². The highest BCUT2D eigenvalue weighted by Gasteiger charge is 2.50. The van der Waals surface area contributed by atoms with Gasteiger partial charge in [-0.1, -0.05) is 33.1 Å². The maximum atomic E-state index is 12.6. The highest BCUT2D eigenvalue weighted by molar-refractivity contribution is 5.82. The number of carbonyl (C=O) groups is 1. The van der Waals surface area contributed by atoms with E-state index in [9.17, 15) is 25.2 Å². The molecular weight excluding hydrogens is 300 g/mol. The van der Waals surface area contributed by atoms with Gasteiger partial charge in [-0.05, 0) is 18.3 Å². The summed E-state index contributed by atoms with van der Waals surface area (Å²) in [5.41, 5.74) is 0. The SMILES string of the molecule is CCC[C@H]1CC(=O)[C@H](C2OC(CO)C(O)C(O)C2O)C[C@H]1CC. The van der Waals surface area contributed by atoms with Gasteiger partial charge in [0.2, 0.25) is 0 Å². The third kappa shape index (κ3) is 3.77. The van der Waals surface area contributed by atoms with Gasteiger partial charge in [0.1, 0.15) is 30.2 Å². The fourth-order valence-corrected chi connectivity index (χ4v) is 4.22. The number of ketones is 1. The first-order valence-corrected chi connectivity index (χ1v) is 8.77. The molecule has 6 nitrogen and oxygen atoms in total. The van der Waals surface area contributed by atoms with Gasteiger partial charge in [-0.25, -0.2) is 0 Å². The maximum absolute atomic E-state index is 12.6. The molecule has 0 spiro atoms. The second-order valence-corrected chi connectivity index (χ2v) is 7.02. The number of Topliss-reactive ketones (excluding diaryl/α,β-unsaturated/α-hetero) is 1. The molecule has 1 heterocycles. The Labute approximate surface area is 137 Å². The molecule has 1 saturated carbocycles. The van der Waals surface area contributed by atoms with Gasteiger partial charge in [-0.3, -0.25) is 4.79 Å². The van der Waals surface area contributed by atoms with Gasteiger partial charge in [0.05, 0.1) is 12.7 Å². The van der Waals surface area contributed by atoms with Crippen LogP contribution in [0.1, 0.15) is 46.0 Å². The van der Waals surface area contributed by atoms with Crippen LogP contribution in [0.4, 0.5) is 0 Å². The van der Waals surface area contributed by atoms with Crippen LogP contribution in [-0.2, 0) is 9.53 Å².